The summed E-state index contributed by atoms with van der Waals surface area (Å²) < 4.78 is 9.86. The Bertz CT molecular complexity index is 390. The molecule has 0 amide bonds. The molecule has 1 aromatic heterocycles. The minimum atomic E-state index is -0.724. The Kier molecular flexibility index (Phi) is 3.62. The minimum Gasteiger partial charge on any atom is -0.468 e. The van der Waals surface area contributed by atoms with E-state index >= 15 is 0 Å². The lowest BCUT2D eigenvalue weighted by atomic mass is 10.5. The number of rotatable bonds is 3. The van der Waals surface area contributed by atoms with Crippen LogP contribution in [-0.2, 0) is 20.8 Å². The van der Waals surface area contributed by atoms with Crippen LogP contribution in [0.5, 0.6) is 0 Å². The number of aromatic nitrogens is 3. The van der Waals surface area contributed by atoms with Crippen molar-refractivity contribution < 1.29 is 19.1 Å². The molecule has 0 fully saturated rings. The van der Waals surface area contributed by atoms with E-state index in [1.165, 1.54) is 14.2 Å². The Morgan fingerprint density at radius 2 is 2.07 bits per heavy atom. The van der Waals surface area contributed by atoms with Crippen molar-refractivity contribution in [1.29, 1.82) is 0 Å². The second kappa shape index (κ2) is 4.74. The number of halogens is 1. The first kappa shape index (κ1) is 11.4. The van der Waals surface area contributed by atoms with E-state index in [2.05, 4.69) is 19.6 Å². The number of hydrogen-bond donors (Lipinski definition) is 0. The van der Waals surface area contributed by atoms with Gasteiger partial charge in [0.1, 0.15) is 6.54 Å². The van der Waals surface area contributed by atoms with Gasteiger partial charge in [0.05, 0.1) is 14.2 Å². The van der Waals surface area contributed by atoms with Crippen LogP contribution >= 0.6 is 11.6 Å². The minimum absolute atomic E-state index is 0.140. The molecule has 8 heteroatoms. The smallest absolute Gasteiger partial charge is 0.375 e. The molecule has 15 heavy (non-hydrogen) atoms. The van der Waals surface area contributed by atoms with Crippen molar-refractivity contribution in [3.05, 3.63) is 11.1 Å². The van der Waals surface area contributed by atoms with Crippen LogP contribution in [0, 0.1) is 0 Å². The molecule has 0 spiro atoms. The quantitative estimate of drug-likeness (QED) is 0.678. The summed E-state index contributed by atoms with van der Waals surface area (Å²) in [5, 5.41) is 3.50. The normalized spacial score (nSPS) is 9.80. The van der Waals surface area contributed by atoms with Gasteiger partial charge in [-0.2, -0.15) is 4.98 Å². The van der Waals surface area contributed by atoms with E-state index in [9.17, 15) is 9.59 Å². The Morgan fingerprint density at radius 1 is 1.40 bits per heavy atom. The zero-order valence-electron chi connectivity index (χ0n) is 8.06. The lowest BCUT2D eigenvalue weighted by molar-refractivity contribution is -0.141. The van der Waals surface area contributed by atoms with Crippen LogP contribution in [0.4, 0.5) is 0 Å². The molecule has 7 nitrogen and oxygen atoms in total. The average Bonchev–Trinajstić information content (AvgIpc) is 2.58. The van der Waals surface area contributed by atoms with Gasteiger partial charge < -0.3 is 9.47 Å². The summed E-state index contributed by atoms with van der Waals surface area (Å²) in [4.78, 5) is 25.7. The van der Waals surface area contributed by atoms with Crippen LogP contribution in [0.2, 0.25) is 5.28 Å². The van der Waals surface area contributed by atoms with Gasteiger partial charge in [0.2, 0.25) is 11.1 Å². The second-order valence-corrected chi connectivity index (χ2v) is 2.77. The van der Waals surface area contributed by atoms with Crippen molar-refractivity contribution in [2.75, 3.05) is 14.2 Å². The van der Waals surface area contributed by atoms with Gasteiger partial charge in [-0.15, -0.1) is 5.10 Å². The van der Waals surface area contributed by atoms with E-state index in [4.69, 9.17) is 11.6 Å². The van der Waals surface area contributed by atoms with E-state index in [1.807, 2.05) is 0 Å². The van der Waals surface area contributed by atoms with E-state index in [0.29, 0.717) is 0 Å². The zero-order valence-corrected chi connectivity index (χ0v) is 8.82. The standard InChI is InChI=1S/C7H8ClN3O4/c1-14-4(12)3-11-5(6(13)15-2)9-7(8)10-11/h3H2,1-2H3. The molecule has 0 radical (unpaired) electrons. The summed E-state index contributed by atoms with van der Waals surface area (Å²) in [5.74, 6) is -1.44. The number of carbonyl (C=O) groups excluding carboxylic acids is 2. The third-order valence-electron chi connectivity index (χ3n) is 1.52. The summed E-state index contributed by atoms with van der Waals surface area (Å²) in [6.45, 7) is -0.249. The fourth-order valence-electron chi connectivity index (χ4n) is 0.854. The summed E-state index contributed by atoms with van der Waals surface area (Å²) in [6.07, 6.45) is 0. The molecule has 1 aromatic rings. The first-order valence-corrected chi connectivity index (χ1v) is 4.21. The molecule has 82 valence electrons. The van der Waals surface area contributed by atoms with Crippen LogP contribution in [0.15, 0.2) is 0 Å². The predicted molar refractivity (Wildman–Crippen MR) is 48.4 cm³/mol. The second-order valence-electron chi connectivity index (χ2n) is 2.43. The predicted octanol–water partition coefficient (Wildman–Crippen LogP) is -0.109. The van der Waals surface area contributed by atoms with Crippen LogP contribution in [0.1, 0.15) is 10.6 Å². The van der Waals surface area contributed by atoms with Crippen LogP contribution in [-0.4, -0.2) is 40.9 Å². The molecular formula is C7H8ClN3O4. The van der Waals surface area contributed by atoms with E-state index < -0.39 is 11.9 Å². The van der Waals surface area contributed by atoms with Gasteiger partial charge in [-0.25, -0.2) is 9.48 Å². The van der Waals surface area contributed by atoms with Gasteiger partial charge in [0.25, 0.3) is 0 Å². The largest absolute Gasteiger partial charge is 0.468 e. The van der Waals surface area contributed by atoms with Crippen molar-refractivity contribution in [3.63, 3.8) is 0 Å². The Morgan fingerprint density at radius 3 is 2.60 bits per heavy atom. The number of nitrogens with zero attached hydrogens (tertiary/aromatic N) is 3. The number of esters is 2. The van der Waals surface area contributed by atoms with E-state index in [1.54, 1.807) is 0 Å². The summed E-state index contributed by atoms with van der Waals surface area (Å²) in [6, 6.07) is 0. The van der Waals surface area contributed by atoms with Gasteiger partial charge in [0.15, 0.2) is 0 Å². The maximum absolute atomic E-state index is 11.2. The summed E-state index contributed by atoms with van der Waals surface area (Å²) in [7, 11) is 2.41. The van der Waals surface area contributed by atoms with Gasteiger partial charge >= 0.3 is 11.9 Å². The molecule has 0 aliphatic carbocycles. The fourth-order valence-corrected chi connectivity index (χ4v) is 1.03. The molecule has 0 unspecified atom stereocenters. The summed E-state index contributed by atoms with van der Waals surface area (Å²) in [5.41, 5.74) is 0. The first-order chi connectivity index (χ1) is 7.08. The average molecular weight is 234 g/mol. The highest BCUT2D eigenvalue weighted by molar-refractivity contribution is 6.28. The molecule has 0 atom stereocenters. The molecule has 1 heterocycles. The lowest BCUT2D eigenvalue weighted by Crippen LogP contribution is -2.18. The molecule has 1 rings (SSSR count). The molecule has 0 saturated carbocycles. The Balaban J connectivity index is 2.96. The molecule has 0 N–H and O–H groups in total. The van der Waals surface area contributed by atoms with Crippen molar-refractivity contribution >= 4 is 23.5 Å². The molecule has 0 aliphatic rings. The number of ether oxygens (including phenoxy) is 2. The van der Waals surface area contributed by atoms with Gasteiger partial charge in [0, 0.05) is 0 Å². The number of hydrogen-bond acceptors (Lipinski definition) is 6. The topological polar surface area (TPSA) is 83.3 Å². The zero-order chi connectivity index (χ0) is 11.4. The van der Waals surface area contributed by atoms with Crippen molar-refractivity contribution in [1.82, 2.24) is 14.8 Å². The van der Waals surface area contributed by atoms with Gasteiger partial charge in [-0.1, -0.05) is 0 Å². The van der Waals surface area contributed by atoms with Crippen molar-refractivity contribution in [3.8, 4) is 0 Å². The maximum Gasteiger partial charge on any atom is 0.375 e. The SMILES string of the molecule is COC(=O)Cn1nc(Cl)nc1C(=O)OC. The van der Waals surface area contributed by atoms with Gasteiger partial charge in [-0.3, -0.25) is 4.79 Å². The highest BCUT2D eigenvalue weighted by Crippen LogP contribution is 2.05. The first-order valence-electron chi connectivity index (χ1n) is 3.84. The van der Waals surface area contributed by atoms with Crippen molar-refractivity contribution in [2.45, 2.75) is 6.54 Å². The maximum atomic E-state index is 11.2. The van der Waals surface area contributed by atoms with Crippen LogP contribution in [0.3, 0.4) is 0 Å². The lowest BCUT2D eigenvalue weighted by Gasteiger charge is -2.01. The molecule has 0 saturated heterocycles. The highest BCUT2D eigenvalue weighted by Gasteiger charge is 2.19. The molecule has 0 aliphatic heterocycles. The van der Waals surface area contributed by atoms with E-state index in [0.717, 1.165) is 4.68 Å². The number of methoxy groups -OCH3 is 2. The van der Waals surface area contributed by atoms with E-state index in [-0.39, 0.29) is 17.7 Å². The summed E-state index contributed by atoms with van der Waals surface area (Å²) >= 11 is 5.49. The highest BCUT2D eigenvalue weighted by atomic mass is 35.5. The Hall–Kier alpha value is -1.63. The van der Waals surface area contributed by atoms with Crippen molar-refractivity contribution in [2.24, 2.45) is 0 Å². The Labute approximate surface area is 89.9 Å². The van der Waals surface area contributed by atoms with Crippen LogP contribution in [0.25, 0.3) is 0 Å². The third kappa shape index (κ3) is 2.66. The third-order valence-corrected chi connectivity index (χ3v) is 1.68. The number of carbonyl (C=O) groups is 2. The molecule has 0 aromatic carbocycles. The molecule has 0 bridgehead atoms. The van der Waals surface area contributed by atoms with Crippen LogP contribution < -0.4 is 0 Å². The molecular weight excluding hydrogens is 226 g/mol. The monoisotopic (exact) mass is 233 g/mol. The fraction of sp³-hybridized carbons (Fsp3) is 0.429. The van der Waals surface area contributed by atoms with Gasteiger partial charge in [-0.05, 0) is 11.6 Å².